The summed E-state index contributed by atoms with van der Waals surface area (Å²) in [5, 5.41) is 18.1. The molecule has 0 unspecified atom stereocenters. The zero-order chi connectivity index (χ0) is 10.3. The number of aromatic carboxylic acids is 1. The van der Waals surface area contributed by atoms with Gasteiger partial charge in [-0.2, -0.15) is 4.98 Å². The van der Waals surface area contributed by atoms with Crippen LogP contribution >= 0.6 is 11.6 Å². The minimum Gasteiger partial charge on any atom is -0.504 e. The van der Waals surface area contributed by atoms with E-state index in [1.807, 2.05) is 0 Å². The molecule has 0 aliphatic heterocycles. The number of hydrogen-bond donors (Lipinski definition) is 2. The molecule has 1 aromatic carbocycles. The number of halogens is 1. The normalized spacial score (nSPS) is 10.6. The van der Waals surface area contributed by atoms with Crippen molar-refractivity contribution in [1.82, 2.24) is 4.98 Å². The van der Waals surface area contributed by atoms with E-state index in [4.69, 9.17) is 21.1 Å². The molecule has 0 atom stereocenters. The van der Waals surface area contributed by atoms with Crippen LogP contribution in [0, 0.1) is 0 Å². The van der Waals surface area contributed by atoms with Crippen molar-refractivity contribution in [3.05, 3.63) is 23.0 Å². The first-order chi connectivity index (χ1) is 6.59. The average molecular weight is 214 g/mol. The Morgan fingerprint density at radius 2 is 2.21 bits per heavy atom. The maximum atomic E-state index is 10.5. The topological polar surface area (TPSA) is 83.6 Å². The largest absolute Gasteiger partial charge is 0.504 e. The summed E-state index contributed by atoms with van der Waals surface area (Å²) < 4.78 is 4.84. The lowest BCUT2D eigenvalue weighted by Crippen LogP contribution is -1.94. The molecular weight excluding hydrogens is 210 g/mol. The van der Waals surface area contributed by atoms with E-state index in [9.17, 15) is 9.90 Å². The third-order valence-electron chi connectivity index (χ3n) is 1.67. The Kier molecular flexibility index (Phi) is 1.82. The quantitative estimate of drug-likeness (QED) is 0.756. The van der Waals surface area contributed by atoms with Gasteiger partial charge in [-0.15, -0.1) is 0 Å². The van der Waals surface area contributed by atoms with Gasteiger partial charge in [-0.3, -0.25) is 0 Å². The molecule has 0 saturated carbocycles. The van der Waals surface area contributed by atoms with Crippen molar-refractivity contribution in [2.24, 2.45) is 0 Å². The molecule has 14 heavy (non-hydrogen) atoms. The minimum atomic E-state index is -1.29. The van der Waals surface area contributed by atoms with E-state index in [0.29, 0.717) is 0 Å². The van der Waals surface area contributed by atoms with Gasteiger partial charge in [0.05, 0.1) is 5.02 Å². The number of hydrogen-bond acceptors (Lipinski definition) is 4. The van der Waals surface area contributed by atoms with Crippen LogP contribution in [0.2, 0.25) is 5.02 Å². The van der Waals surface area contributed by atoms with Gasteiger partial charge < -0.3 is 14.6 Å². The Hall–Kier alpha value is -1.75. The van der Waals surface area contributed by atoms with Gasteiger partial charge in [0.25, 0.3) is 0 Å². The summed E-state index contributed by atoms with van der Waals surface area (Å²) in [6.07, 6.45) is 0. The number of phenolic OH excluding ortho intramolecular Hbond substituents is 1. The molecule has 2 N–H and O–H groups in total. The van der Waals surface area contributed by atoms with Crippen LogP contribution in [0.1, 0.15) is 10.7 Å². The van der Waals surface area contributed by atoms with Crippen molar-refractivity contribution in [3.8, 4) is 5.75 Å². The number of phenols is 1. The van der Waals surface area contributed by atoms with Crippen molar-refractivity contribution < 1.29 is 19.4 Å². The van der Waals surface area contributed by atoms with Crippen molar-refractivity contribution in [2.45, 2.75) is 0 Å². The average Bonchev–Trinajstić information content (AvgIpc) is 2.56. The number of carboxylic acids is 1. The van der Waals surface area contributed by atoms with Gasteiger partial charge in [0.2, 0.25) is 0 Å². The van der Waals surface area contributed by atoms with E-state index in [1.165, 1.54) is 12.1 Å². The standard InChI is InChI=1S/C8H4ClNO4/c9-3-1-2-4-5(6(3)11)10-7(14-4)8(12)13/h1-2,11H,(H,12,13). The first-order valence-electron chi connectivity index (χ1n) is 3.61. The highest BCUT2D eigenvalue weighted by Gasteiger charge is 2.16. The van der Waals surface area contributed by atoms with Gasteiger partial charge in [-0.05, 0) is 12.1 Å². The summed E-state index contributed by atoms with van der Waals surface area (Å²) in [5.74, 6) is -2.05. The second-order valence-corrected chi connectivity index (χ2v) is 2.97. The smallest absolute Gasteiger partial charge is 0.392 e. The number of nitrogens with zero attached hydrogens (tertiary/aromatic N) is 1. The summed E-state index contributed by atoms with van der Waals surface area (Å²) in [6, 6.07) is 2.84. The predicted molar refractivity (Wildman–Crippen MR) is 47.6 cm³/mol. The van der Waals surface area contributed by atoms with Gasteiger partial charge in [0, 0.05) is 0 Å². The second-order valence-electron chi connectivity index (χ2n) is 2.57. The highest BCUT2D eigenvalue weighted by atomic mass is 35.5. The van der Waals surface area contributed by atoms with Gasteiger partial charge in [-0.1, -0.05) is 11.6 Å². The number of fused-ring (bicyclic) bond motifs is 1. The molecule has 0 amide bonds. The number of oxazole rings is 1. The van der Waals surface area contributed by atoms with Gasteiger partial charge in [0.1, 0.15) is 0 Å². The number of aromatic hydroxyl groups is 1. The molecule has 0 spiro atoms. The molecule has 2 aromatic rings. The van der Waals surface area contributed by atoms with Crippen LogP contribution in [0.3, 0.4) is 0 Å². The summed E-state index contributed by atoms with van der Waals surface area (Å²) in [5.41, 5.74) is 0.235. The molecule has 0 aliphatic carbocycles. The lowest BCUT2D eigenvalue weighted by atomic mass is 10.3. The number of carbonyl (C=O) groups is 1. The van der Waals surface area contributed by atoms with Crippen molar-refractivity contribution in [1.29, 1.82) is 0 Å². The Bertz CT molecular complexity index is 519. The van der Waals surface area contributed by atoms with Gasteiger partial charge >= 0.3 is 11.9 Å². The number of rotatable bonds is 1. The number of carboxylic acid groups (broad SMARTS) is 1. The Morgan fingerprint density at radius 3 is 2.86 bits per heavy atom. The second kappa shape index (κ2) is 2.88. The van der Waals surface area contributed by atoms with E-state index in [1.54, 1.807) is 0 Å². The Morgan fingerprint density at radius 1 is 1.50 bits per heavy atom. The summed E-state index contributed by atoms with van der Waals surface area (Å²) in [7, 11) is 0. The summed E-state index contributed by atoms with van der Waals surface area (Å²) >= 11 is 5.60. The fourth-order valence-electron chi connectivity index (χ4n) is 1.05. The molecule has 0 fully saturated rings. The van der Waals surface area contributed by atoms with Crippen molar-refractivity contribution >= 4 is 28.7 Å². The van der Waals surface area contributed by atoms with Crippen molar-refractivity contribution in [3.63, 3.8) is 0 Å². The van der Waals surface area contributed by atoms with Crippen LogP contribution < -0.4 is 0 Å². The fraction of sp³-hybridized carbons (Fsp3) is 0. The lowest BCUT2D eigenvalue weighted by Gasteiger charge is -1.93. The zero-order valence-corrected chi connectivity index (χ0v) is 7.45. The van der Waals surface area contributed by atoms with E-state index in [-0.39, 0.29) is 21.9 Å². The first kappa shape index (κ1) is 8.83. The molecule has 5 nitrogen and oxygen atoms in total. The minimum absolute atomic E-state index is 0.0508. The van der Waals surface area contributed by atoms with E-state index in [0.717, 1.165) is 0 Å². The van der Waals surface area contributed by atoms with E-state index in [2.05, 4.69) is 4.98 Å². The van der Waals surface area contributed by atoms with Crippen LogP contribution in [0.5, 0.6) is 5.75 Å². The molecular formula is C8H4ClNO4. The molecule has 6 heteroatoms. The fourth-order valence-corrected chi connectivity index (χ4v) is 1.20. The number of aromatic nitrogens is 1. The first-order valence-corrected chi connectivity index (χ1v) is 3.98. The van der Waals surface area contributed by atoms with Crippen LogP contribution in [0.4, 0.5) is 0 Å². The highest BCUT2D eigenvalue weighted by molar-refractivity contribution is 6.33. The maximum absolute atomic E-state index is 10.5. The molecule has 0 saturated heterocycles. The monoisotopic (exact) mass is 213 g/mol. The van der Waals surface area contributed by atoms with Crippen molar-refractivity contribution in [2.75, 3.05) is 0 Å². The molecule has 72 valence electrons. The molecule has 0 radical (unpaired) electrons. The van der Waals surface area contributed by atoms with Crippen LogP contribution in [0.25, 0.3) is 11.1 Å². The summed E-state index contributed by atoms with van der Waals surface area (Å²) in [6.45, 7) is 0. The molecule has 1 heterocycles. The van der Waals surface area contributed by atoms with Crippen LogP contribution in [-0.2, 0) is 0 Å². The third kappa shape index (κ3) is 1.18. The lowest BCUT2D eigenvalue weighted by molar-refractivity contribution is 0.0656. The highest BCUT2D eigenvalue weighted by Crippen LogP contribution is 2.31. The molecule has 0 aliphatic rings. The van der Waals surface area contributed by atoms with Crippen LogP contribution in [0.15, 0.2) is 16.5 Å². The molecule has 2 rings (SSSR count). The maximum Gasteiger partial charge on any atom is 0.392 e. The number of benzene rings is 1. The van der Waals surface area contributed by atoms with E-state index >= 15 is 0 Å². The molecule has 1 aromatic heterocycles. The Labute approximate surface area is 82.5 Å². The Balaban J connectivity index is 2.77. The van der Waals surface area contributed by atoms with Crippen LogP contribution in [-0.4, -0.2) is 21.2 Å². The zero-order valence-electron chi connectivity index (χ0n) is 6.69. The predicted octanol–water partition coefficient (Wildman–Crippen LogP) is 1.89. The third-order valence-corrected chi connectivity index (χ3v) is 1.97. The molecule has 0 bridgehead atoms. The van der Waals surface area contributed by atoms with E-state index < -0.39 is 11.9 Å². The van der Waals surface area contributed by atoms with Gasteiger partial charge in [0.15, 0.2) is 16.8 Å². The summed E-state index contributed by atoms with van der Waals surface area (Å²) in [4.78, 5) is 14.1. The SMILES string of the molecule is O=C(O)c1nc2c(O)c(Cl)ccc2o1. The van der Waals surface area contributed by atoms with Gasteiger partial charge in [-0.25, -0.2) is 4.79 Å².